The molecule has 0 spiro atoms. The van der Waals surface area contributed by atoms with Crippen molar-refractivity contribution in [1.29, 1.82) is 5.26 Å². The highest BCUT2D eigenvalue weighted by Gasteiger charge is 2.15. The molecule has 24 heavy (non-hydrogen) atoms. The molecule has 2 aromatic rings. The van der Waals surface area contributed by atoms with Crippen molar-refractivity contribution in [2.75, 3.05) is 5.32 Å². The van der Waals surface area contributed by atoms with Gasteiger partial charge in [-0.2, -0.15) is 5.26 Å². The van der Waals surface area contributed by atoms with Crippen molar-refractivity contribution in [1.82, 2.24) is 4.98 Å². The van der Waals surface area contributed by atoms with Crippen LogP contribution < -0.4 is 10.1 Å². The number of hydrogen-bond donors (Lipinski definition) is 1. The summed E-state index contributed by atoms with van der Waals surface area (Å²) in [5.74, 6) is 0.496. The van der Waals surface area contributed by atoms with Crippen molar-refractivity contribution in [3.05, 3.63) is 57.8 Å². The van der Waals surface area contributed by atoms with Gasteiger partial charge in [-0.15, -0.1) is 0 Å². The fourth-order valence-corrected chi connectivity index (χ4v) is 2.03. The predicted octanol–water partition coefficient (Wildman–Crippen LogP) is 3.65. The van der Waals surface area contributed by atoms with E-state index in [1.54, 1.807) is 18.3 Å². The first kappa shape index (κ1) is 17.2. The van der Waals surface area contributed by atoms with Crippen LogP contribution in [0.25, 0.3) is 0 Å². The van der Waals surface area contributed by atoms with E-state index in [9.17, 15) is 10.1 Å². The number of nitro benzene ring substituents is 1. The lowest BCUT2D eigenvalue weighted by Gasteiger charge is -2.20. The van der Waals surface area contributed by atoms with Gasteiger partial charge in [0, 0.05) is 24.9 Å². The minimum Gasteiger partial charge on any atom is -0.472 e. The Morgan fingerprint density at radius 1 is 1.33 bits per heavy atom. The van der Waals surface area contributed by atoms with Gasteiger partial charge >= 0.3 is 0 Å². The Hall–Kier alpha value is -3.14. The number of rotatable bonds is 5. The van der Waals surface area contributed by atoms with Crippen LogP contribution in [0.4, 0.5) is 11.4 Å². The second-order valence-corrected chi connectivity index (χ2v) is 6.17. The van der Waals surface area contributed by atoms with Crippen LogP contribution in [0.3, 0.4) is 0 Å². The highest BCUT2D eigenvalue weighted by atomic mass is 16.6. The van der Waals surface area contributed by atoms with Gasteiger partial charge < -0.3 is 10.1 Å². The summed E-state index contributed by atoms with van der Waals surface area (Å²) in [5.41, 5.74) is 0.994. The summed E-state index contributed by atoms with van der Waals surface area (Å²) in [7, 11) is 0. The van der Waals surface area contributed by atoms with Crippen molar-refractivity contribution in [3.8, 4) is 11.9 Å². The fourth-order valence-electron chi connectivity index (χ4n) is 2.03. The van der Waals surface area contributed by atoms with Crippen molar-refractivity contribution < 1.29 is 9.66 Å². The van der Waals surface area contributed by atoms with Crippen LogP contribution in [-0.2, 0) is 6.54 Å². The number of nitrogens with one attached hydrogen (secondary N) is 1. The number of ether oxygens (including phenoxy) is 1. The van der Waals surface area contributed by atoms with Gasteiger partial charge in [-0.05, 0) is 44.5 Å². The molecule has 0 unspecified atom stereocenters. The summed E-state index contributed by atoms with van der Waals surface area (Å²) in [6.07, 6.45) is 1.63. The van der Waals surface area contributed by atoms with E-state index in [0.29, 0.717) is 18.1 Å². The van der Waals surface area contributed by atoms with Crippen LogP contribution in [0.1, 0.15) is 31.9 Å². The van der Waals surface area contributed by atoms with E-state index >= 15 is 0 Å². The Bertz CT molecular complexity index is 791. The standard InChI is InChI=1S/C17H18N4O3/c1-17(2,3)24-16-9-13(6-7-19-16)11-20-14-5-4-12(10-18)8-15(14)21(22)23/h4-9,20H,11H2,1-3H3. The maximum Gasteiger partial charge on any atom is 0.293 e. The lowest BCUT2D eigenvalue weighted by molar-refractivity contribution is -0.384. The van der Waals surface area contributed by atoms with Gasteiger partial charge in [0.2, 0.25) is 5.88 Å². The Morgan fingerprint density at radius 3 is 2.71 bits per heavy atom. The third-order valence-electron chi connectivity index (χ3n) is 3.02. The van der Waals surface area contributed by atoms with Crippen molar-refractivity contribution in [2.45, 2.75) is 32.9 Å². The molecular weight excluding hydrogens is 308 g/mol. The van der Waals surface area contributed by atoms with Gasteiger partial charge in [-0.1, -0.05) is 0 Å². The predicted molar refractivity (Wildman–Crippen MR) is 89.8 cm³/mol. The van der Waals surface area contributed by atoms with E-state index in [2.05, 4.69) is 10.3 Å². The summed E-state index contributed by atoms with van der Waals surface area (Å²) < 4.78 is 5.70. The molecule has 0 amide bonds. The van der Waals surface area contributed by atoms with Gasteiger partial charge in [0.1, 0.15) is 11.3 Å². The minimum absolute atomic E-state index is 0.130. The Morgan fingerprint density at radius 2 is 2.08 bits per heavy atom. The van der Waals surface area contributed by atoms with Gasteiger partial charge in [-0.25, -0.2) is 4.98 Å². The first-order valence-corrected chi connectivity index (χ1v) is 7.35. The van der Waals surface area contributed by atoms with Gasteiger partial charge in [-0.3, -0.25) is 10.1 Å². The number of benzene rings is 1. The molecular formula is C17H18N4O3. The summed E-state index contributed by atoms with van der Waals surface area (Å²) in [4.78, 5) is 14.8. The summed E-state index contributed by atoms with van der Waals surface area (Å²) in [5, 5.41) is 23.0. The highest BCUT2D eigenvalue weighted by molar-refractivity contribution is 5.64. The maximum atomic E-state index is 11.1. The van der Waals surface area contributed by atoms with Crippen molar-refractivity contribution in [3.63, 3.8) is 0 Å². The monoisotopic (exact) mass is 326 g/mol. The third-order valence-corrected chi connectivity index (χ3v) is 3.02. The molecule has 0 atom stereocenters. The molecule has 2 rings (SSSR count). The summed E-state index contributed by atoms with van der Waals surface area (Å²) in [6, 6.07) is 9.81. The molecule has 1 N–H and O–H groups in total. The van der Waals surface area contributed by atoms with Crippen molar-refractivity contribution >= 4 is 11.4 Å². The van der Waals surface area contributed by atoms with Gasteiger partial charge in [0.25, 0.3) is 5.69 Å². The third kappa shape index (κ3) is 4.68. The molecule has 0 radical (unpaired) electrons. The SMILES string of the molecule is CC(C)(C)Oc1cc(CNc2ccc(C#N)cc2[N+](=O)[O-])ccn1. The van der Waals surface area contributed by atoms with Crippen LogP contribution in [0.5, 0.6) is 5.88 Å². The lowest BCUT2D eigenvalue weighted by atomic mass is 10.1. The molecule has 1 aromatic carbocycles. The average Bonchev–Trinajstić information content (AvgIpc) is 2.51. The molecule has 0 aliphatic rings. The highest BCUT2D eigenvalue weighted by Crippen LogP contribution is 2.26. The van der Waals surface area contributed by atoms with Crippen LogP contribution in [0, 0.1) is 21.4 Å². The van der Waals surface area contributed by atoms with E-state index in [1.165, 1.54) is 18.2 Å². The Labute approximate surface area is 140 Å². The van der Waals surface area contributed by atoms with E-state index in [0.717, 1.165) is 5.56 Å². The topological polar surface area (TPSA) is 101 Å². The quantitative estimate of drug-likeness (QED) is 0.664. The molecule has 0 aliphatic carbocycles. The molecule has 0 saturated heterocycles. The molecule has 0 saturated carbocycles. The fraction of sp³-hybridized carbons (Fsp3) is 0.294. The zero-order chi connectivity index (χ0) is 17.7. The second kappa shape index (κ2) is 6.96. The molecule has 1 heterocycles. The first-order chi connectivity index (χ1) is 11.3. The summed E-state index contributed by atoms with van der Waals surface area (Å²) >= 11 is 0. The molecule has 7 heteroatoms. The largest absolute Gasteiger partial charge is 0.472 e. The molecule has 7 nitrogen and oxygen atoms in total. The number of anilines is 1. The van der Waals surface area contributed by atoms with Gasteiger partial charge in [0.15, 0.2) is 0 Å². The molecule has 1 aromatic heterocycles. The molecule has 0 fully saturated rings. The molecule has 124 valence electrons. The number of hydrogen-bond acceptors (Lipinski definition) is 6. The Kier molecular flexibility index (Phi) is 4.99. The van der Waals surface area contributed by atoms with Crippen LogP contribution in [0.15, 0.2) is 36.5 Å². The van der Waals surface area contributed by atoms with E-state index in [-0.39, 0.29) is 16.9 Å². The van der Waals surface area contributed by atoms with Crippen LogP contribution in [0.2, 0.25) is 0 Å². The zero-order valence-electron chi connectivity index (χ0n) is 13.7. The second-order valence-electron chi connectivity index (χ2n) is 6.17. The van der Waals surface area contributed by atoms with E-state index in [4.69, 9.17) is 10.00 Å². The smallest absolute Gasteiger partial charge is 0.293 e. The average molecular weight is 326 g/mol. The van der Waals surface area contributed by atoms with Crippen molar-refractivity contribution in [2.24, 2.45) is 0 Å². The minimum atomic E-state index is -0.510. The summed E-state index contributed by atoms with van der Waals surface area (Å²) in [6.45, 7) is 6.16. The lowest BCUT2D eigenvalue weighted by Crippen LogP contribution is -2.23. The number of pyridine rings is 1. The normalized spacial score (nSPS) is 10.8. The van der Waals surface area contributed by atoms with Crippen LogP contribution in [-0.4, -0.2) is 15.5 Å². The molecule has 0 bridgehead atoms. The van der Waals surface area contributed by atoms with E-state index in [1.807, 2.05) is 26.8 Å². The van der Waals surface area contributed by atoms with Crippen LogP contribution >= 0.6 is 0 Å². The number of nitro groups is 1. The molecule has 0 aliphatic heterocycles. The first-order valence-electron chi connectivity index (χ1n) is 7.35. The zero-order valence-corrected chi connectivity index (χ0v) is 13.7. The number of nitrogens with zero attached hydrogens (tertiary/aromatic N) is 3. The van der Waals surface area contributed by atoms with E-state index < -0.39 is 4.92 Å². The maximum absolute atomic E-state index is 11.1. The van der Waals surface area contributed by atoms with Gasteiger partial charge in [0.05, 0.1) is 16.6 Å². The number of aromatic nitrogens is 1. The number of nitriles is 1. The Balaban J connectivity index is 2.15.